The molecule has 0 aromatic carbocycles. The van der Waals surface area contributed by atoms with Crippen LogP contribution in [-0.2, 0) is 19.3 Å². The van der Waals surface area contributed by atoms with Crippen molar-refractivity contribution in [2.24, 2.45) is 0 Å². The molecule has 0 aliphatic rings. The van der Waals surface area contributed by atoms with Crippen molar-refractivity contribution in [3.8, 4) is 0 Å². The van der Waals surface area contributed by atoms with Crippen LogP contribution >= 0.6 is 11.3 Å². The summed E-state index contributed by atoms with van der Waals surface area (Å²) in [7, 11) is 0. The molecule has 0 nitrogen and oxygen atoms in total. The fraction of sp³-hybridized carbons (Fsp3) is 0.750. The average molecular weight is 373 g/mol. The van der Waals surface area contributed by atoms with Crippen molar-refractivity contribution < 1.29 is 0 Å². The van der Waals surface area contributed by atoms with Gasteiger partial charge in [-0.2, -0.15) is 0 Å². The van der Waals surface area contributed by atoms with E-state index in [9.17, 15) is 0 Å². The first kappa shape index (κ1) is 16.6. The first-order valence-corrected chi connectivity index (χ1v) is 11.5. The van der Waals surface area contributed by atoms with Crippen molar-refractivity contribution in [3.05, 3.63) is 16.0 Å². The summed E-state index contributed by atoms with van der Waals surface area (Å²) in [6.45, 7) is 6.94. The van der Waals surface area contributed by atoms with E-state index >= 15 is 0 Å². The van der Waals surface area contributed by atoms with E-state index < -0.39 is 0 Å². The molecule has 1 heterocycles. The first-order chi connectivity index (χ1) is 8.74. The Labute approximate surface area is 131 Å². The minimum atomic E-state index is 0.691. The maximum atomic E-state index is 2.32. The van der Waals surface area contributed by atoms with E-state index in [1.165, 1.54) is 57.8 Å². The Morgan fingerprint density at radius 1 is 0.778 bits per heavy atom. The van der Waals surface area contributed by atoms with E-state index in [1.54, 1.807) is 16.0 Å². The van der Waals surface area contributed by atoms with E-state index in [0.717, 1.165) is 0 Å². The minimum absolute atomic E-state index is 0.691. The van der Waals surface area contributed by atoms with Gasteiger partial charge in [-0.05, 0) is 0 Å². The molecule has 0 radical (unpaired) electrons. The van der Waals surface area contributed by atoms with Crippen LogP contribution in [0, 0.1) is 0 Å². The summed E-state index contributed by atoms with van der Waals surface area (Å²) >= 11 is 2.87. The van der Waals surface area contributed by atoms with Crippen LogP contribution in [0.4, 0.5) is 0 Å². The molecule has 0 N–H and O–H groups in total. The molecule has 104 valence electrons. The molecule has 1 aromatic heterocycles. The second kappa shape index (κ2) is 9.41. The molecule has 0 saturated carbocycles. The maximum absolute atomic E-state index is 2.32. The van der Waals surface area contributed by atoms with Crippen LogP contribution in [0.1, 0.15) is 75.3 Å². The predicted molar refractivity (Wildman–Crippen MR) is 89.7 cm³/mol. The van der Waals surface area contributed by atoms with Crippen LogP contribution in [0.15, 0.2) is 0 Å². The molecule has 18 heavy (non-hydrogen) atoms. The van der Waals surface area contributed by atoms with Gasteiger partial charge in [0.25, 0.3) is 0 Å². The quantitative estimate of drug-likeness (QED) is 0.579. The number of rotatable bonds is 9. The van der Waals surface area contributed by atoms with Crippen LogP contribution in [-0.4, -0.2) is 22.5 Å². The molecule has 0 unspecified atom stereocenters. The zero-order chi connectivity index (χ0) is 13.4. The van der Waals surface area contributed by atoms with Gasteiger partial charge in [-0.1, -0.05) is 0 Å². The summed E-state index contributed by atoms with van der Waals surface area (Å²) in [6.07, 6.45) is 12.2. The Kier molecular flexibility index (Phi) is 8.65. The van der Waals surface area contributed by atoms with Crippen molar-refractivity contribution in [3.63, 3.8) is 0 Å². The van der Waals surface area contributed by atoms with Gasteiger partial charge in [0, 0.05) is 0 Å². The van der Waals surface area contributed by atoms with E-state index in [2.05, 4.69) is 32.1 Å². The predicted octanol–water partition coefficient (Wildman–Crippen LogP) is 3.77. The van der Waals surface area contributed by atoms with Gasteiger partial charge in [0.1, 0.15) is 0 Å². The van der Waals surface area contributed by atoms with Crippen molar-refractivity contribution in [1.82, 2.24) is 0 Å². The normalized spacial score (nSPS) is 11.3. The molecular weight excluding hydrogens is 343 g/mol. The second-order valence-corrected chi connectivity index (χ2v) is 11.6. The molecule has 0 atom stereocenters. The van der Waals surface area contributed by atoms with E-state index in [-0.39, 0.29) is 0 Å². The molecule has 2 heteroatoms. The Bertz CT molecular complexity index is 341. The van der Waals surface area contributed by atoms with Crippen LogP contribution < -0.4 is 2.89 Å². The van der Waals surface area contributed by atoms with Gasteiger partial charge in [0.05, 0.1) is 0 Å². The molecule has 1 rings (SSSR count). The zero-order valence-electron chi connectivity index (χ0n) is 12.8. The second-order valence-electron chi connectivity index (χ2n) is 5.35. The van der Waals surface area contributed by atoms with Gasteiger partial charge in [-0.3, -0.25) is 0 Å². The van der Waals surface area contributed by atoms with Gasteiger partial charge in [-0.25, -0.2) is 0 Å². The number of hydrogen-bond donors (Lipinski definition) is 0. The fourth-order valence-electron chi connectivity index (χ4n) is 2.55. The molecule has 0 bridgehead atoms. The molecule has 0 aliphatic carbocycles. The van der Waals surface area contributed by atoms with E-state index in [0.29, 0.717) is 22.5 Å². The molecule has 0 saturated heterocycles. The SMILES string of the molecule is CCCCc1s[c]([SnH3])c(CCCC)c1CCCC. The van der Waals surface area contributed by atoms with Crippen LogP contribution in [0.5, 0.6) is 0 Å². The summed E-state index contributed by atoms with van der Waals surface area (Å²) in [5.41, 5.74) is 3.59. The van der Waals surface area contributed by atoms with Gasteiger partial charge in [-0.15, -0.1) is 0 Å². The number of aryl methyl sites for hydroxylation is 1. The number of unbranched alkanes of at least 4 members (excludes halogenated alkanes) is 3. The Morgan fingerprint density at radius 2 is 1.28 bits per heavy atom. The summed E-state index contributed by atoms with van der Waals surface area (Å²) < 4.78 is 1.81. The number of hydrogen-bond acceptors (Lipinski definition) is 1. The monoisotopic (exact) mass is 374 g/mol. The van der Waals surface area contributed by atoms with Crippen LogP contribution in [0.25, 0.3) is 0 Å². The standard InChI is InChI=1S/C16H27S.Sn.3H/c1-4-7-10-14-13-17-16(12-9-6-3)15(14)11-8-5-2;;;;/h4-12H2,1-3H3;;;;. The van der Waals surface area contributed by atoms with Gasteiger partial charge in [0.15, 0.2) is 0 Å². The molecule has 0 amide bonds. The van der Waals surface area contributed by atoms with Gasteiger partial charge < -0.3 is 0 Å². The van der Waals surface area contributed by atoms with Crippen LogP contribution in [0.2, 0.25) is 0 Å². The first-order valence-electron chi connectivity index (χ1n) is 7.84. The topological polar surface area (TPSA) is 0 Å². The van der Waals surface area contributed by atoms with Gasteiger partial charge >= 0.3 is 131 Å². The van der Waals surface area contributed by atoms with Crippen molar-refractivity contribution in [2.45, 2.75) is 78.6 Å². The molecule has 0 aliphatic heterocycles. The van der Waals surface area contributed by atoms with Gasteiger partial charge in [0.2, 0.25) is 0 Å². The zero-order valence-corrected chi connectivity index (χ0v) is 19.3. The summed E-state index contributed by atoms with van der Waals surface area (Å²) in [5.74, 6) is 0. The molecule has 1 aromatic rings. The summed E-state index contributed by atoms with van der Waals surface area (Å²) in [5, 5.41) is 0. The molecular formula is C16H30SSn. The third kappa shape index (κ3) is 4.88. The number of thiophene rings is 1. The van der Waals surface area contributed by atoms with E-state index in [4.69, 9.17) is 0 Å². The summed E-state index contributed by atoms with van der Waals surface area (Å²) in [6, 6.07) is 0. The van der Waals surface area contributed by atoms with E-state index in [1.807, 2.05) is 2.89 Å². The Morgan fingerprint density at radius 3 is 1.83 bits per heavy atom. The third-order valence-electron chi connectivity index (χ3n) is 3.72. The van der Waals surface area contributed by atoms with Crippen LogP contribution in [0.3, 0.4) is 0 Å². The third-order valence-corrected chi connectivity index (χ3v) is 8.44. The summed E-state index contributed by atoms with van der Waals surface area (Å²) in [4.78, 5) is 1.76. The fourth-order valence-corrected chi connectivity index (χ4v) is 7.55. The van der Waals surface area contributed by atoms with Crippen molar-refractivity contribution >= 4 is 36.8 Å². The molecule has 0 spiro atoms. The molecule has 0 fully saturated rings. The Balaban J connectivity index is 2.86. The average Bonchev–Trinajstić information content (AvgIpc) is 2.67. The van der Waals surface area contributed by atoms with Crippen molar-refractivity contribution in [2.75, 3.05) is 0 Å². The van der Waals surface area contributed by atoms with Crippen molar-refractivity contribution in [1.29, 1.82) is 0 Å². The Hall–Kier alpha value is 0.499.